The van der Waals surface area contributed by atoms with Gasteiger partial charge in [0.05, 0.1) is 5.69 Å². The van der Waals surface area contributed by atoms with E-state index in [4.69, 9.17) is 0 Å². The van der Waals surface area contributed by atoms with Crippen LogP contribution >= 0.6 is 0 Å². The Kier molecular flexibility index (Phi) is 4.55. The second kappa shape index (κ2) is 6.46. The Labute approximate surface area is 138 Å². The van der Waals surface area contributed by atoms with E-state index in [2.05, 4.69) is 48.0 Å². The van der Waals surface area contributed by atoms with Gasteiger partial charge in [-0.25, -0.2) is 0 Å². The summed E-state index contributed by atoms with van der Waals surface area (Å²) in [5.41, 5.74) is 5.20. The summed E-state index contributed by atoms with van der Waals surface area (Å²) in [6.07, 6.45) is 2.85. The maximum atomic E-state index is 11.0. The lowest BCUT2D eigenvalue weighted by molar-refractivity contribution is 0.0384. The van der Waals surface area contributed by atoms with Crippen molar-refractivity contribution < 1.29 is 5.11 Å². The van der Waals surface area contributed by atoms with Gasteiger partial charge in [0.1, 0.15) is 5.60 Å². The molecule has 1 heterocycles. The molecule has 0 bridgehead atoms. The molecule has 0 amide bonds. The van der Waals surface area contributed by atoms with Crippen molar-refractivity contribution >= 4 is 0 Å². The molecule has 0 radical (unpaired) electrons. The van der Waals surface area contributed by atoms with Gasteiger partial charge in [-0.05, 0) is 44.2 Å². The highest BCUT2D eigenvalue weighted by Gasteiger charge is 2.35. The molecule has 4 heteroatoms. The first-order valence-corrected chi connectivity index (χ1v) is 8.59. The third kappa shape index (κ3) is 3.06. The first kappa shape index (κ1) is 16.2. The zero-order valence-corrected chi connectivity index (χ0v) is 14.4. The second-order valence-corrected chi connectivity index (χ2v) is 6.66. The summed E-state index contributed by atoms with van der Waals surface area (Å²) in [5, 5.41) is 19.0. The van der Waals surface area contributed by atoms with Crippen LogP contribution in [0, 0.1) is 13.8 Å². The van der Waals surface area contributed by atoms with Crippen molar-refractivity contribution in [3.8, 4) is 0 Å². The molecule has 0 fully saturated rings. The Morgan fingerprint density at radius 1 is 1.30 bits per heavy atom. The number of aryl methyl sites for hydroxylation is 3. The molecular weight excluding hydrogens is 286 g/mol. The van der Waals surface area contributed by atoms with Gasteiger partial charge >= 0.3 is 0 Å². The van der Waals surface area contributed by atoms with Crippen LogP contribution in [0.15, 0.2) is 24.3 Å². The lowest BCUT2D eigenvalue weighted by atomic mass is 9.96. The molecule has 1 atom stereocenters. The third-order valence-electron chi connectivity index (χ3n) is 5.01. The van der Waals surface area contributed by atoms with E-state index in [1.54, 1.807) is 0 Å². The zero-order valence-electron chi connectivity index (χ0n) is 14.4. The lowest BCUT2D eigenvalue weighted by Crippen LogP contribution is -2.36. The highest BCUT2D eigenvalue weighted by Crippen LogP contribution is 2.36. The second-order valence-electron chi connectivity index (χ2n) is 6.66. The van der Waals surface area contributed by atoms with Crippen molar-refractivity contribution in [2.75, 3.05) is 6.54 Å². The molecule has 0 saturated carbocycles. The minimum atomic E-state index is -0.738. The minimum Gasteiger partial charge on any atom is -0.384 e. The molecule has 0 spiro atoms. The molecule has 4 nitrogen and oxygen atoms in total. The Hall–Kier alpha value is -1.65. The summed E-state index contributed by atoms with van der Waals surface area (Å²) in [7, 11) is 0. The largest absolute Gasteiger partial charge is 0.384 e. The third-order valence-corrected chi connectivity index (χ3v) is 5.01. The van der Waals surface area contributed by atoms with Crippen LogP contribution < -0.4 is 5.32 Å². The molecule has 1 aliphatic carbocycles. The Morgan fingerprint density at radius 3 is 2.87 bits per heavy atom. The summed E-state index contributed by atoms with van der Waals surface area (Å²) in [5.74, 6) is 0. The fourth-order valence-corrected chi connectivity index (χ4v) is 3.67. The van der Waals surface area contributed by atoms with E-state index in [1.165, 1.54) is 16.8 Å². The number of benzene rings is 1. The Bertz CT molecular complexity index is 692. The quantitative estimate of drug-likeness (QED) is 0.862. The van der Waals surface area contributed by atoms with Gasteiger partial charge in [0, 0.05) is 30.9 Å². The van der Waals surface area contributed by atoms with Crippen molar-refractivity contribution in [1.29, 1.82) is 0 Å². The number of aliphatic hydroxyl groups is 1. The summed E-state index contributed by atoms with van der Waals surface area (Å²) < 4.78 is 2.09. The SMILES string of the molecule is CCCn1nc(C)c(CNCC2(O)CCc3ccccc32)c1C. The fraction of sp³-hybridized carbons (Fsp3) is 0.526. The average Bonchev–Trinajstić information content (AvgIpc) is 3.01. The van der Waals surface area contributed by atoms with Gasteiger partial charge in [-0.3, -0.25) is 4.68 Å². The van der Waals surface area contributed by atoms with Crippen LogP contribution in [-0.4, -0.2) is 21.4 Å². The van der Waals surface area contributed by atoms with Crippen molar-refractivity contribution in [2.45, 2.75) is 58.7 Å². The van der Waals surface area contributed by atoms with Gasteiger partial charge in [0.15, 0.2) is 0 Å². The molecule has 0 saturated heterocycles. The van der Waals surface area contributed by atoms with E-state index >= 15 is 0 Å². The van der Waals surface area contributed by atoms with Crippen molar-refractivity contribution in [3.05, 3.63) is 52.3 Å². The highest BCUT2D eigenvalue weighted by atomic mass is 16.3. The number of hydrogen-bond donors (Lipinski definition) is 2. The first-order chi connectivity index (χ1) is 11.0. The molecule has 1 unspecified atom stereocenters. The maximum Gasteiger partial charge on any atom is 0.103 e. The molecular formula is C19H27N3O. The summed E-state index contributed by atoms with van der Waals surface area (Å²) in [6, 6.07) is 8.24. The smallest absolute Gasteiger partial charge is 0.103 e. The van der Waals surface area contributed by atoms with Crippen LogP contribution in [0.5, 0.6) is 0 Å². The molecule has 1 aromatic heterocycles. The van der Waals surface area contributed by atoms with Crippen LogP contribution in [0.3, 0.4) is 0 Å². The first-order valence-electron chi connectivity index (χ1n) is 8.59. The van der Waals surface area contributed by atoms with Gasteiger partial charge in [0.25, 0.3) is 0 Å². The van der Waals surface area contributed by atoms with Gasteiger partial charge in [-0.15, -0.1) is 0 Å². The average molecular weight is 313 g/mol. The standard InChI is InChI=1S/C19H27N3O/c1-4-11-22-15(3)17(14(2)21-22)12-20-13-19(23)10-9-16-7-5-6-8-18(16)19/h5-8,20,23H,4,9-13H2,1-3H3. The Balaban J connectivity index is 1.67. The molecule has 124 valence electrons. The number of aromatic nitrogens is 2. The number of rotatable bonds is 6. The highest BCUT2D eigenvalue weighted by molar-refractivity contribution is 5.37. The summed E-state index contributed by atoms with van der Waals surface area (Å²) in [4.78, 5) is 0. The number of nitrogens with zero attached hydrogens (tertiary/aromatic N) is 2. The summed E-state index contributed by atoms with van der Waals surface area (Å²) in [6.45, 7) is 8.67. The van der Waals surface area contributed by atoms with Crippen molar-refractivity contribution in [1.82, 2.24) is 15.1 Å². The van der Waals surface area contributed by atoms with Crippen molar-refractivity contribution in [2.24, 2.45) is 0 Å². The van der Waals surface area contributed by atoms with Crippen LogP contribution in [0.1, 0.15) is 47.8 Å². The van der Waals surface area contributed by atoms with E-state index in [0.717, 1.165) is 43.6 Å². The van der Waals surface area contributed by atoms with Gasteiger partial charge < -0.3 is 10.4 Å². The number of hydrogen-bond acceptors (Lipinski definition) is 3. The van der Waals surface area contributed by atoms with E-state index in [1.807, 2.05) is 12.1 Å². The molecule has 1 aromatic carbocycles. The molecule has 2 N–H and O–H groups in total. The van der Waals surface area contributed by atoms with E-state index in [0.29, 0.717) is 6.54 Å². The van der Waals surface area contributed by atoms with Gasteiger partial charge in [-0.2, -0.15) is 5.10 Å². The molecule has 3 rings (SSSR count). The van der Waals surface area contributed by atoms with Gasteiger partial charge in [0.2, 0.25) is 0 Å². The topological polar surface area (TPSA) is 50.1 Å². The van der Waals surface area contributed by atoms with E-state index < -0.39 is 5.60 Å². The Morgan fingerprint density at radius 2 is 2.09 bits per heavy atom. The number of fused-ring (bicyclic) bond motifs is 1. The van der Waals surface area contributed by atoms with Crippen LogP contribution in [0.2, 0.25) is 0 Å². The molecule has 1 aliphatic rings. The van der Waals surface area contributed by atoms with E-state index in [-0.39, 0.29) is 0 Å². The predicted octanol–water partition coefficient (Wildman–Crippen LogP) is 2.83. The summed E-state index contributed by atoms with van der Waals surface area (Å²) >= 11 is 0. The van der Waals surface area contributed by atoms with Crippen LogP contribution in [0.25, 0.3) is 0 Å². The van der Waals surface area contributed by atoms with Gasteiger partial charge in [-0.1, -0.05) is 31.2 Å². The van der Waals surface area contributed by atoms with Crippen LogP contribution in [0.4, 0.5) is 0 Å². The zero-order chi connectivity index (χ0) is 16.4. The number of nitrogens with one attached hydrogen (secondary N) is 1. The normalized spacial score (nSPS) is 20.0. The molecule has 0 aliphatic heterocycles. The van der Waals surface area contributed by atoms with Crippen LogP contribution in [-0.2, 0) is 25.1 Å². The maximum absolute atomic E-state index is 11.0. The lowest BCUT2D eigenvalue weighted by Gasteiger charge is -2.24. The minimum absolute atomic E-state index is 0.585. The molecule has 2 aromatic rings. The van der Waals surface area contributed by atoms with E-state index in [9.17, 15) is 5.11 Å². The van der Waals surface area contributed by atoms with Crippen molar-refractivity contribution in [3.63, 3.8) is 0 Å². The monoisotopic (exact) mass is 313 g/mol. The molecule has 23 heavy (non-hydrogen) atoms. The fourth-order valence-electron chi connectivity index (χ4n) is 3.67. The predicted molar refractivity (Wildman–Crippen MR) is 92.4 cm³/mol.